The van der Waals surface area contributed by atoms with E-state index in [1.54, 1.807) is 13.8 Å². The normalized spacial score (nSPS) is 14.4. The van der Waals surface area contributed by atoms with E-state index in [9.17, 15) is 14.4 Å². The standard InChI is InChI=1S/C12H12N2O3/c1-6(2)14-11(16)8-4-3-7(10(13)15)5-9(8)12(14)17/h3-6H,1-2H3,(H2,13,15). The monoisotopic (exact) mass is 232 g/mol. The molecule has 0 aliphatic carbocycles. The first-order chi connectivity index (χ1) is 7.93. The highest BCUT2D eigenvalue weighted by atomic mass is 16.2. The second-order valence-electron chi connectivity index (χ2n) is 4.20. The number of nitrogens with zero attached hydrogens (tertiary/aromatic N) is 1. The molecule has 0 atom stereocenters. The predicted octanol–water partition coefficient (Wildman–Crippen LogP) is 0.790. The van der Waals surface area contributed by atoms with E-state index in [2.05, 4.69) is 0 Å². The molecule has 1 aliphatic rings. The van der Waals surface area contributed by atoms with Crippen molar-refractivity contribution in [2.45, 2.75) is 19.9 Å². The van der Waals surface area contributed by atoms with Crippen molar-refractivity contribution < 1.29 is 14.4 Å². The van der Waals surface area contributed by atoms with E-state index >= 15 is 0 Å². The fourth-order valence-electron chi connectivity index (χ4n) is 1.88. The zero-order valence-electron chi connectivity index (χ0n) is 9.56. The van der Waals surface area contributed by atoms with Gasteiger partial charge in [-0.1, -0.05) is 0 Å². The van der Waals surface area contributed by atoms with E-state index in [0.29, 0.717) is 5.56 Å². The lowest BCUT2D eigenvalue weighted by Gasteiger charge is -2.17. The Balaban J connectivity index is 2.54. The van der Waals surface area contributed by atoms with Crippen LogP contribution in [0.5, 0.6) is 0 Å². The third-order valence-electron chi connectivity index (χ3n) is 2.72. The second-order valence-corrected chi connectivity index (χ2v) is 4.20. The van der Waals surface area contributed by atoms with Gasteiger partial charge < -0.3 is 5.73 Å². The van der Waals surface area contributed by atoms with Gasteiger partial charge in [0.1, 0.15) is 0 Å². The molecule has 2 N–H and O–H groups in total. The van der Waals surface area contributed by atoms with Gasteiger partial charge in [-0.15, -0.1) is 0 Å². The van der Waals surface area contributed by atoms with Crippen LogP contribution in [0.3, 0.4) is 0 Å². The summed E-state index contributed by atoms with van der Waals surface area (Å²) < 4.78 is 0. The fourth-order valence-corrected chi connectivity index (χ4v) is 1.88. The van der Waals surface area contributed by atoms with Gasteiger partial charge in [-0.2, -0.15) is 0 Å². The minimum atomic E-state index is -0.615. The number of fused-ring (bicyclic) bond motifs is 1. The molecule has 0 saturated carbocycles. The molecule has 1 heterocycles. The molecule has 5 heteroatoms. The third kappa shape index (κ3) is 1.60. The van der Waals surface area contributed by atoms with Gasteiger partial charge in [-0.25, -0.2) is 0 Å². The number of primary amides is 1. The molecule has 0 aromatic heterocycles. The summed E-state index contributed by atoms with van der Waals surface area (Å²) in [6.45, 7) is 3.52. The summed E-state index contributed by atoms with van der Waals surface area (Å²) in [4.78, 5) is 36.1. The van der Waals surface area contributed by atoms with E-state index in [1.165, 1.54) is 23.1 Å². The van der Waals surface area contributed by atoms with Crippen molar-refractivity contribution in [3.05, 3.63) is 34.9 Å². The van der Waals surface area contributed by atoms with Crippen LogP contribution in [0.15, 0.2) is 18.2 Å². The van der Waals surface area contributed by atoms with Crippen molar-refractivity contribution in [1.29, 1.82) is 0 Å². The van der Waals surface area contributed by atoms with E-state index in [-0.39, 0.29) is 29.0 Å². The Bertz CT molecular complexity index is 535. The van der Waals surface area contributed by atoms with Gasteiger partial charge in [0.15, 0.2) is 0 Å². The summed E-state index contributed by atoms with van der Waals surface area (Å²) in [5.41, 5.74) is 5.94. The van der Waals surface area contributed by atoms with Gasteiger partial charge in [0, 0.05) is 11.6 Å². The molecule has 2 rings (SSSR count). The number of rotatable bonds is 2. The number of carbonyl (C=O) groups is 3. The molecule has 1 aliphatic heterocycles. The van der Waals surface area contributed by atoms with Crippen molar-refractivity contribution in [2.24, 2.45) is 5.73 Å². The van der Waals surface area contributed by atoms with Gasteiger partial charge in [-0.05, 0) is 32.0 Å². The van der Waals surface area contributed by atoms with E-state index < -0.39 is 5.91 Å². The Kier molecular flexibility index (Phi) is 2.46. The highest BCUT2D eigenvalue weighted by molar-refractivity contribution is 6.22. The maximum atomic E-state index is 12.0. The maximum absolute atomic E-state index is 12.0. The van der Waals surface area contributed by atoms with Gasteiger partial charge in [0.2, 0.25) is 5.91 Å². The Hall–Kier alpha value is -2.17. The number of nitrogens with two attached hydrogens (primary N) is 1. The molecule has 0 saturated heterocycles. The fraction of sp³-hybridized carbons (Fsp3) is 0.250. The molecular formula is C12H12N2O3. The highest BCUT2D eigenvalue weighted by Crippen LogP contribution is 2.25. The van der Waals surface area contributed by atoms with E-state index in [0.717, 1.165) is 0 Å². The van der Waals surface area contributed by atoms with Crippen LogP contribution in [0.1, 0.15) is 44.9 Å². The Morgan fingerprint density at radius 1 is 1.18 bits per heavy atom. The zero-order valence-corrected chi connectivity index (χ0v) is 9.56. The number of hydrogen-bond donors (Lipinski definition) is 1. The molecule has 0 fully saturated rings. The molecule has 88 valence electrons. The molecule has 0 unspecified atom stereocenters. The lowest BCUT2D eigenvalue weighted by molar-refractivity contribution is 0.0609. The van der Waals surface area contributed by atoms with Crippen LogP contribution in [0.2, 0.25) is 0 Å². The van der Waals surface area contributed by atoms with Crippen LogP contribution in [-0.4, -0.2) is 28.7 Å². The summed E-state index contributed by atoms with van der Waals surface area (Å²) in [5.74, 6) is -1.31. The van der Waals surface area contributed by atoms with Crippen molar-refractivity contribution >= 4 is 17.7 Å². The number of carbonyl (C=O) groups excluding carboxylic acids is 3. The van der Waals surface area contributed by atoms with Crippen LogP contribution in [0, 0.1) is 0 Å². The number of benzene rings is 1. The van der Waals surface area contributed by atoms with Crippen LogP contribution >= 0.6 is 0 Å². The van der Waals surface area contributed by atoms with Gasteiger partial charge >= 0.3 is 0 Å². The first-order valence-electron chi connectivity index (χ1n) is 5.25. The number of amides is 3. The summed E-state index contributed by atoms with van der Waals surface area (Å²) in [5, 5.41) is 0. The Morgan fingerprint density at radius 3 is 2.29 bits per heavy atom. The van der Waals surface area contributed by atoms with Crippen molar-refractivity contribution in [3.8, 4) is 0 Å². The van der Waals surface area contributed by atoms with Crippen molar-refractivity contribution in [2.75, 3.05) is 0 Å². The Labute approximate surface area is 98.2 Å². The van der Waals surface area contributed by atoms with E-state index in [1.807, 2.05) is 0 Å². The number of hydrogen-bond acceptors (Lipinski definition) is 3. The second kappa shape index (κ2) is 3.69. The lowest BCUT2D eigenvalue weighted by atomic mass is 10.1. The lowest BCUT2D eigenvalue weighted by Crippen LogP contribution is -2.35. The predicted molar refractivity (Wildman–Crippen MR) is 60.6 cm³/mol. The number of imide groups is 1. The smallest absolute Gasteiger partial charge is 0.261 e. The van der Waals surface area contributed by atoms with Gasteiger partial charge in [0.05, 0.1) is 11.1 Å². The van der Waals surface area contributed by atoms with E-state index in [4.69, 9.17) is 5.73 Å². The molecule has 5 nitrogen and oxygen atoms in total. The first-order valence-corrected chi connectivity index (χ1v) is 5.25. The van der Waals surface area contributed by atoms with Crippen molar-refractivity contribution in [3.63, 3.8) is 0 Å². The SMILES string of the molecule is CC(C)N1C(=O)c2ccc(C(N)=O)cc2C1=O. The molecular weight excluding hydrogens is 220 g/mol. The molecule has 0 spiro atoms. The summed E-state index contributed by atoms with van der Waals surface area (Å²) >= 11 is 0. The molecule has 1 aromatic rings. The molecule has 0 bridgehead atoms. The van der Waals surface area contributed by atoms with Gasteiger partial charge in [-0.3, -0.25) is 19.3 Å². The molecule has 0 radical (unpaired) electrons. The van der Waals surface area contributed by atoms with Crippen LogP contribution in [0.4, 0.5) is 0 Å². The molecule has 17 heavy (non-hydrogen) atoms. The van der Waals surface area contributed by atoms with Crippen LogP contribution in [-0.2, 0) is 0 Å². The quantitative estimate of drug-likeness (QED) is 0.765. The molecule has 3 amide bonds. The van der Waals surface area contributed by atoms with Crippen LogP contribution in [0.25, 0.3) is 0 Å². The minimum Gasteiger partial charge on any atom is -0.366 e. The average Bonchev–Trinajstić information content (AvgIpc) is 2.51. The van der Waals surface area contributed by atoms with Crippen LogP contribution < -0.4 is 5.73 Å². The first kappa shape index (κ1) is 11.3. The Morgan fingerprint density at radius 2 is 1.76 bits per heavy atom. The average molecular weight is 232 g/mol. The zero-order chi connectivity index (χ0) is 12.7. The van der Waals surface area contributed by atoms with Crippen molar-refractivity contribution in [1.82, 2.24) is 4.90 Å². The minimum absolute atomic E-state index is 0.209. The summed E-state index contributed by atoms with van der Waals surface area (Å²) in [6, 6.07) is 4.09. The summed E-state index contributed by atoms with van der Waals surface area (Å²) in [7, 11) is 0. The van der Waals surface area contributed by atoms with Gasteiger partial charge in [0.25, 0.3) is 11.8 Å². The molecule has 1 aromatic carbocycles. The summed E-state index contributed by atoms with van der Waals surface area (Å²) in [6.07, 6.45) is 0. The largest absolute Gasteiger partial charge is 0.366 e. The topological polar surface area (TPSA) is 80.5 Å². The third-order valence-corrected chi connectivity index (χ3v) is 2.72. The maximum Gasteiger partial charge on any atom is 0.261 e. The highest BCUT2D eigenvalue weighted by Gasteiger charge is 2.37.